The van der Waals surface area contributed by atoms with E-state index in [1.807, 2.05) is 20.0 Å². The normalized spacial score (nSPS) is 18.1. The zero-order valence-electron chi connectivity index (χ0n) is 12.5. The van der Waals surface area contributed by atoms with Crippen LogP contribution in [0, 0.1) is 13.8 Å². The van der Waals surface area contributed by atoms with E-state index in [2.05, 4.69) is 26.7 Å². The standard InChI is InChI=1S/C14H23N5S/c1-4-12(13(15)20)18-5-7-19(8-6-18)14-11(3)16-9-10(2)17-14/h9,12H,4-8H2,1-3H3,(H2,15,20). The van der Waals surface area contributed by atoms with Gasteiger partial charge in [0.05, 0.1) is 22.4 Å². The van der Waals surface area contributed by atoms with E-state index < -0.39 is 0 Å². The monoisotopic (exact) mass is 293 g/mol. The Morgan fingerprint density at radius 1 is 1.35 bits per heavy atom. The molecule has 0 radical (unpaired) electrons. The van der Waals surface area contributed by atoms with Gasteiger partial charge >= 0.3 is 0 Å². The number of rotatable bonds is 4. The number of aryl methyl sites for hydroxylation is 2. The molecule has 1 aromatic rings. The summed E-state index contributed by atoms with van der Waals surface area (Å²) in [6.07, 6.45) is 2.79. The van der Waals surface area contributed by atoms with Gasteiger partial charge in [-0.15, -0.1) is 0 Å². The lowest BCUT2D eigenvalue weighted by atomic mass is 10.1. The second-order valence-corrected chi connectivity index (χ2v) is 5.74. The average Bonchev–Trinajstić information content (AvgIpc) is 2.43. The van der Waals surface area contributed by atoms with Crippen molar-refractivity contribution in [2.45, 2.75) is 33.2 Å². The van der Waals surface area contributed by atoms with Crippen molar-refractivity contribution in [1.82, 2.24) is 14.9 Å². The van der Waals surface area contributed by atoms with Crippen LogP contribution in [0.2, 0.25) is 0 Å². The van der Waals surface area contributed by atoms with Crippen LogP contribution in [0.25, 0.3) is 0 Å². The van der Waals surface area contributed by atoms with E-state index >= 15 is 0 Å². The summed E-state index contributed by atoms with van der Waals surface area (Å²) >= 11 is 5.16. The molecule has 2 rings (SSSR count). The van der Waals surface area contributed by atoms with Crippen molar-refractivity contribution in [1.29, 1.82) is 0 Å². The van der Waals surface area contributed by atoms with Crippen LogP contribution in [0.4, 0.5) is 5.82 Å². The van der Waals surface area contributed by atoms with Gasteiger partial charge in [0, 0.05) is 32.4 Å². The highest BCUT2D eigenvalue weighted by Crippen LogP contribution is 2.18. The van der Waals surface area contributed by atoms with Gasteiger partial charge in [0.2, 0.25) is 0 Å². The highest BCUT2D eigenvalue weighted by molar-refractivity contribution is 7.80. The molecular weight excluding hydrogens is 270 g/mol. The molecule has 0 amide bonds. The van der Waals surface area contributed by atoms with E-state index in [-0.39, 0.29) is 6.04 Å². The third-order valence-electron chi connectivity index (χ3n) is 3.82. The summed E-state index contributed by atoms with van der Waals surface area (Å²) < 4.78 is 0. The molecule has 0 aromatic carbocycles. The number of hydrogen-bond acceptors (Lipinski definition) is 5. The molecule has 20 heavy (non-hydrogen) atoms. The van der Waals surface area contributed by atoms with Crippen molar-refractivity contribution in [2.75, 3.05) is 31.1 Å². The zero-order valence-corrected chi connectivity index (χ0v) is 13.3. The molecule has 1 aliphatic heterocycles. The summed E-state index contributed by atoms with van der Waals surface area (Å²) in [7, 11) is 0. The Hall–Kier alpha value is -1.27. The maximum Gasteiger partial charge on any atom is 0.150 e. The summed E-state index contributed by atoms with van der Waals surface area (Å²) in [5, 5.41) is 0. The van der Waals surface area contributed by atoms with Crippen LogP contribution >= 0.6 is 12.2 Å². The first-order valence-corrected chi connectivity index (χ1v) is 7.52. The van der Waals surface area contributed by atoms with Crippen molar-refractivity contribution in [2.24, 2.45) is 5.73 Å². The van der Waals surface area contributed by atoms with Crippen LogP contribution in [0.1, 0.15) is 24.7 Å². The molecule has 1 aliphatic rings. The van der Waals surface area contributed by atoms with Gasteiger partial charge in [-0.2, -0.15) is 0 Å². The topological polar surface area (TPSA) is 58.3 Å². The molecule has 0 spiro atoms. The molecule has 2 heterocycles. The molecule has 1 fully saturated rings. The molecular formula is C14H23N5S. The van der Waals surface area contributed by atoms with Crippen LogP contribution in [0.3, 0.4) is 0 Å². The summed E-state index contributed by atoms with van der Waals surface area (Å²) in [5.74, 6) is 1.01. The first kappa shape index (κ1) is 15.1. The summed E-state index contributed by atoms with van der Waals surface area (Å²) in [6.45, 7) is 9.93. The van der Waals surface area contributed by atoms with E-state index in [9.17, 15) is 0 Å². The number of anilines is 1. The Bertz CT molecular complexity index is 482. The highest BCUT2D eigenvalue weighted by Gasteiger charge is 2.25. The van der Waals surface area contributed by atoms with Crippen molar-refractivity contribution in [3.63, 3.8) is 0 Å². The molecule has 6 heteroatoms. The largest absolute Gasteiger partial charge is 0.392 e. The van der Waals surface area contributed by atoms with Crippen molar-refractivity contribution in [3.8, 4) is 0 Å². The number of nitrogens with two attached hydrogens (primary N) is 1. The molecule has 1 saturated heterocycles. The minimum Gasteiger partial charge on any atom is -0.392 e. The summed E-state index contributed by atoms with van der Waals surface area (Å²) in [4.78, 5) is 14.3. The fraction of sp³-hybridized carbons (Fsp3) is 0.643. The fourth-order valence-corrected chi connectivity index (χ4v) is 3.02. The zero-order chi connectivity index (χ0) is 14.7. The van der Waals surface area contributed by atoms with Crippen molar-refractivity contribution in [3.05, 3.63) is 17.6 Å². The van der Waals surface area contributed by atoms with Crippen LogP contribution < -0.4 is 10.6 Å². The minimum absolute atomic E-state index is 0.219. The SMILES string of the molecule is CCC(C(N)=S)N1CCN(c2nc(C)cnc2C)CC1. The number of piperazine rings is 1. The summed E-state index contributed by atoms with van der Waals surface area (Å²) in [6, 6.07) is 0.219. The Balaban J connectivity index is 2.04. The van der Waals surface area contributed by atoms with E-state index in [1.54, 1.807) is 0 Å². The molecule has 5 nitrogen and oxygen atoms in total. The van der Waals surface area contributed by atoms with Crippen molar-refractivity contribution < 1.29 is 0 Å². The van der Waals surface area contributed by atoms with E-state index in [1.165, 1.54) is 0 Å². The quantitative estimate of drug-likeness (QED) is 0.844. The van der Waals surface area contributed by atoms with Gasteiger partial charge in [0.25, 0.3) is 0 Å². The lowest BCUT2D eigenvalue weighted by molar-refractivity contribution is 0.223. The van der Waals surface area contributed by atoms with E-state index in [0.29, 0.717) is 4.99 Å². The Morgan fingerprint density at radius 2 is 2.00 bits per heavy atom. The smallest absolute Gasteiger partial charge is 0.150 e. The van der Waals surface area contributed by atoms with Crippen molar-refractivity contribution >= 4 is 23.0 Å². The predicted molar refractivity (Wildman–Crippen MR) is 86.2 cm³/mol. The molecule has 2 N–H and O–H groups in total. The molecule has 110 valence electrons. The molecule has 1 unspecified atom stereocenters. The van der Waals surface area contributed by atoms with Gasteiger partial charge in [-0.3, -0.25) is 9.88 Å². The maximum absolute atomic E-state index is 5.82. The molecule has 1 atom stereocenters. The fourth-order valence-electron chi connectivity index (χ4n) is 2.71. The number of thiocarbonyl (C=S) groups is 1. The van der Waals surface area contributed by atoms with Gasteiger partial charge in [-0.05, 0) is 20.3 Å². The van der Waals surface area contributed by atoms with Crippen LogP contribution in [-0.2, 0) is 0 Å². The van der Waals surface area contributed by atoms with Gasteiger partial charge in [-0.1, -0.05) is 19.1 Å². The lowest BCUT2D eigenvalue weighted by Gasteiger charge is -2.39. The van der Waals surface area contributed by atoms with Crippen LogP contribution in [0.5, 0.6) is 0 Å². The Labute approximate surface area is 126 Å². The highest BCUT2D eigenvalue weighted by atomic mass is 32.1. The van der Waals surface area contributed by atoms with Crippen LogP contribution in [-0.4, -0.2) is 52.1 Å². The van der Waals surface area contributed by atoms with Gasteiger partial charge in [0.1, 0.15) is 5.82 Å². The third kappa shape index (κ3) is 3.24. The number of hydrogen-bond donors (Lipinski definition) is 1. The van der Waals surface area contributed by atoms with Gasteiger partial charge in [-0.25, -0.2) is 4.98 Å². The van der Waals surface area contributed by atoms with Gasteiger partial charge < -0.3 is 10.6 Å². The third-order valence-corrected chi connectivity index (χ3v) is 4.09. The summed E-state index contributed by atoms with van der Waals surface area (Å²) in [5.41, 5.74) is 7.77. The van der Waals surface area contributed by atoms with E-state index in [0.717, 1.165) is 49.8 Å². The second kappa shape index (κ2) is 6.45. The predicted octanol–water partition coefficient (Wildman–Crippen LogP) is 1.28. The minimum atomic E-state index is 0.219. The Morgan fingerprint density at radius 3 is 2.55 bits per heavy atom. The first-order valence-electron chi connectivity index (χ1n) is 7.11. The molecule has 1 aromatic heterocycles. The average molecular weight is 293 g/mol. The number of nitrogens with zero attached hydrogens (tertiary/aromatic N) is 4. The molecule has 0 bridgehead atoms. The van der Waals surface area contributed by atoms with Gasteiger partial charge in [0.15, 0.2) is 0 Å². The molecule has 0 saturated carbocycles. The molecule has 0 aliphatic carbocycles. The Kier molecular flexibility index (Phi) is 4.88. The van der Waals surface area contributed by atoms with E-state index in [4.69, 9.17) is 18.0 Å². The first-order chi connectivity index (χ1) is 9.52. The number of aromatic nitrogens is 2. The maximum atomic E-state index is 5.82. The van der Waals surface area contributed by atoms with Crippen LogP contribution in [0.15, 0.2) is 6.20 Å². The second-order valence-electron chi connectivity index (χ2n) is 5.27. The lowest BCUT2D eigenvalue weighted by Crippen LogP contribution is -2.53.